The largest absolute Gasteiger partial charge is 0.444 e. The number of fused-ring (bicyclic) bond motifs is 1. The number of rotatable bonds is 2. The van der Waals surface area contributed by atoms with Gasteiger partial charge in [-0.25, -0.2) is 13.7 Å². The van der Waals surface area contributed by atoms with E-state index in [1.54, 1.807) is 33.0 Å². The lowest BCUT2D eigenvalue weighted by Gasteiger charge is -2.19. The molecule has 0 atom stereocenters. The summed E-state index contributed by atoms with van der Waals surface area (Å²) in [6.07, 6.45) is 1.64. The molecule has 0 unspecified atom stereocenters. The van der Waals surface area contributed by atoms with Crippen LogP contribution < -0.4 is 5.32 Å². The van der Waals surface area contributed by atoms with Crippen LogP contribution in [0.3, 0.4) is 0 Å². The number of carbonyl (C=O) groups is 1. The SMILES string of the molecule is CCc1cc2c(F)c(NC(=O)OC(C)(C)C)ccn2n1. The lowest BCUT2D eigenvalue weighted by Crippen LogP contribution is -2.27. The number of anilines is 1. The van der Waals surface area contributed by atoms with Crippen LogP contribution in [0.2, 0.25) is 0 Å². The Kier molecular flexibility index (Phi) is 3.65. The number of aryl methyl sites for hydroxylation is 1. The fourth-order valence-corrected chi connectivity index (χ4v) is 1.76. The second-order valence-electron chi connectivity index (χ2n) is 5.49. The van der Waals surface area contributed by atoms with Crippen molar-refractivity contribution in [1.29, 1.82) is 0 Å². The zero-order chi connectivity index (χ0) is 14.9. The van der Waals surface area contributed by atoms with E-state index >= 15 is 0 Å². The highest BCUT2D eigenvalue weighted by atomic mass is 19.1. The number of nitrogens with zero attached hydrogens (tertiary/aromatic N) is 2. The number of amides is 1. The summed E-state index contributed by atoms with van der Waals surface area (Å²) >= 11 is 0. The summed E-state index contributed by atoms with van der Waals surface area (Å²) in [7, 11) is 0. The summed E-state index contributed by atoms with van der Waals surface area (Å²) in [6.45, 7) is 7.18. The van der Waals surface area contributed by atoms with Crippen molar-refractivity contribution in [2.45, 2.75) is 39.7 Å². The third kappa shape index (κ3) is 3.07. The summed E-state index contributed by atoms with van der Waals surface area (Å²) < 4.78 is 20.8. The molecule has 0 spiro atoms. The molecule has 2 rings (SSSR count). The number of ether oxygens (including phenoxy) is 1. The highest BCUT2D eigenvalue weighted by Gasteiger charge is 2.18. The maximum Gasteiger partial charge on any atom is 0.412 e. The molecule has 1 amide bonds. The summed E-state index contributed by atoms with van der Waals surface area (Å²) in [4.78, 5) is 11.7. The van der Waals surface area contributed by atoms with Crippen LogP contribution in [0.5, 0.6) is 0 Å². The van der Waals surface area contributed by atoms with Crippen molar-refractivity contribution in [3.63, 3.8) is 0 Å². The standard InChI is InChI=1S/C14H18FN3O2/c1-5-9-8-11-12(15)10(6-7-18(11)17-9)16-13(19)20-14(2,3)4/h6-8H,5H2,1-4H3,(H,16,19). The number of pyridine rings is 1. The highest BCUT2D eigenvalue weighted by Crippen LogP contribution is 2.21. The Morgan fingerprint density at radius 1 is 1.50 bits per heavy atom. The lowest BCUT2D eigenvalue weighted by atomic mass is 10.2. The molecule has 20 heavy (non-hydrogen) atoms. The second-order valence-corrected chi connectivity index (χ2v) is 5.49. The van der Waals surface area contributed by atoms with Crippen LogP contribution in [-0.4, -0.2) is 21.3 Å². The molecule has 2 aromatic rings. The topological polar surface area (TPSA) is 55.6 Å². The molecule has 2 aromatic heterocycles. The summed E-state index contributed by atoms with van der Waals surface area (Å²) in [5.41, 5.74) is 0.569. The number of aromatic nitrogens is 2. The van der Waals surface area contributed by atoms with Crippen LogP contribution in [0.4, 0.5) is 14.9 Å². The van der Waals surface area contributed by atoms with Crippen LogP contribution in [0, 0.1) is 5.82 Å². The van der Waals surface area contributed by atoms with Gasteiger partial charge < -0.3 is 4.74 Å². The summed E-state index contributed by atoms with van der Waals surface area (Å²) in [5, 5.41) is 6.61. The Hall–Kier alpha value is -2.11. The van der Waals surface area contributed by atoms with E-state index in [-0.39, 0.29) is 5.69 Å². The number of nitrogens with one attached hydrogen (secondary N) is 1. The minimum Gasteiger partial charge on any atom is -0.444 e. The molecule has 0 bridgehead atoms. The van der Waals surface area contributed by atoms with Gasteiger partial charge in [-0.2, -0.15) is 5.10 Å². The summed E-state index contributed by atoms with van der Waals surface area (Å²) in [5.74, 6) is -0.523. The van der Waals surface area contributed by atoms with Crippen molar-refractivity contribution in [2.24, 2.45) is 0 Å². The van der Waals surface area contributed by atoms with E-state index in [4.69, 9.17) is 4.74 Å². The number of halogens is 1. The van der Waals surface area contributed by atoms with E-state index in [0.29, 0.717) is 5.52 Å². The number of hydrogen-bond donors (Lipinski definition) is 1. The molecule has 2 heterocycles. The first kappa shape index (κ1) is 14.3. The van der Waals surface area contributed by atoms with E-state index in [1.807, 2.05) is 6.92 Å². The predicted molar refractivity (Wildman–Crippen MR) is 74.4 cm³/mol. The van der Waals surface area contributed by atoms with E-state index in [9.17, 15) is 9.18 Å². The molecule has 108 valence electrons. The molecule has 0 aliphatic heterocycles. The van der Waals surface area contributed by atoms with Gasteiger partial charge in [-0.1, -0.05) is 6.92 Å². The minimum atomic E-state index is -0.684. The lowest BCUT2D eigenvalue weighted by molar-refractivity contribution is 0.0635. The van der Waals surface area contributed by atoms with Gasteiger partial charge in [0.1, 0.15) is 11.1 Å². The normalized spacial score (nSPS) is 11.7. The van der Waals surface area contributed by atoms with E-state index in [0.717, 1.165) is 12.1 Å². The molecule has 0 saturated carbocycles. The van der Waals surface area contributed by atoms with Crippen molar-refractivity contribution in [2.75, 3.05) is 5.32 Å². The van der Waals surface area contributed by atoms with Crippen LogP contribution in [-0.2, 0) is 11.2 Å². The van der Waals surface area contributed by atoms with Gasteiger partial charge in [-0.05, 0) is 39.3 Å². The van der Waals surface area contributed by atoms with Crippen LogP contribution >= 0.6 is 0 Å². The first-order valence-electron chi connectivity index (χ1n) is 6.47. The number of hydrogen-bond acceptors (Lipinski definition) is 3. The predicted octanol–water partition coefficient (Wildman–Crippen LogP) is 3.38. The Morgan fingerprint density at radius 2 is 2.20 bits per heavy atom. The zero-order valence-corrected chi connectivity index (χ0v) is 12.0. The molecule has 1 N–H and O–H groups in total. The van der Waals surface area contributed by atoms with Gasteiger partial charge in [-0.3, -0.25) is 5.32 Å². The Bertz CT molecular complexity index is 644. The van der Waals surface area contributed by atoms with Crippen molar-refractivity contribution in [1.82, 2.24) is 9.61 Å². The molecule has 0 aromatic carbocycles. The Labute approximate surface area is 116 Å². The van der Waals surface area contributed by atoms with E-state index in [1.165, 1.54) is 10.6 Å². The summed E-state index contributed by atoms with van der Waals surface area (Å²) in [6, 6.07) is 3.12. The molecule has 5 nitrogen and oxygen atoms in total. The van der Waals surface area contributed by atoms with Crippen LogP contribution in [0.15, 0.2) is 18.3 Å². The zero-order valence-electron chi connectivity index (χ0n) is 12.0. The molecule has 0 aliphatic rings. The van der Waals surface area contributed by atoms with Gasteiger partial charge >= 0.3 is 6.09 Å². The first-order chi connectivity index (χ1) is 9.30. The third-order valence-electron chi connectivity index (χ3n) is 2.63. The second kappa shape index (κ2) is 5.11. The van der Waals surface area contributed by atoms with Gasteiger partial charge in [0, 0.05) is 6.20 Å². The van der Waals surface area contributed by atoms with Crippen molar-refractivity contribution < 1.29 is 13.9 Å². The monoisotopic (exact) mass is 279 g/mol. The fourth-order valence-electron chi connectivity index (χ4n) is 1.76. The van der Waals surface area contributed by atoms with E-state index < -0.39 is 17.5 Å². The van der Waals surface area contributed by atoms with Crippen LogP contribution in [0.25, 0.3) is 5.52 Å². The average molecular weight is 279 g/mol. The molecule has 0 fully saturated rings. The Balaban J connectivity index is 2.27. The van der Waals surface area contributed by atoms with Crippen molar-refractivity contribution in [3.05, 3.63) is 29.8 Å². The van der Waals surface area contributed by atoms with Gasteiger partial charge in [-0.15, -0.1) is 0 Å². The smallest absolute Gasteiger partial charge is 0.412 e. The molecular weight excluding hydrogens is 261 g/mol. The minimum absolute atomic E-state index is 0.0781. The van der Waals surface area contributed by atoms with E-state index in [2.05, 4.69) is 10.4 Å². The average Bonchev–Trinajstić information content (AvgIpc) is 2.74. The van der Waals surface area contributed by atoms with Crippen molar-refractivity contribution in [3.8, 4) is 0 Å². The van der Waals surface area contributed by atoms with Gasteiger partial charge in [0.25, 0.3) is 0 Å². The molecule has 0 saturated heterocycles. The fraction of sp³-hybridized carbons (Fsp3) is 0.429. The van der Waals surface area contributed by atoms with Gasteiger partial charge in [0.15, 0.2) is 5.82 Å². The molecule has 6 heteroatoms. The van der Waals surface area contributed by atoms with Crippen molar-refractivity contribution >= 4 is 17.3 Å². The van der Waals surface area contributed by atoms with Gasteiger partial charge in [0.2, 0.25) is 0 Å². The Morgan fingerprint density at radius 3 is 2.80 bits per heavy atom. The number of carbonyl (C=O) groups excluding carboxylic acids is 1. The third-order valence-corrected chi connectivity index (χ3v) is 2.63. The molecular formula is C14H18FN3O2. The quantitative estimate of drug-likeness (QED) is 0.916. The first-order valence-corrected chi connectivity index (χ1v) is 6.47. The maximum atomic E-state index is 14.3. The maximum absolute atomic E-state index is 14.3. The molecule has 0 radical (unpaired) electrons. The van der Waals surface area contributed by atoms with Crippen LogP contribution in [0.1, 0.15) is 33.4 Å². The highest BCUT2D eigenvalue weighted by molar-refractivity contribution is 5.86. The van der Waals surface area contributed by atoms with Gasteiger partial charge in [0.05, 0.1) is 11.4 Å². The molecule has 0 aliphatic carbocycles.